The van der Waals surface area contributed by atoms with Crippen LogP contribution < -0.4 is 5.32 Å². The number of amides is 1. The van der Waals surface area contributed by atoms with Gasteiger partial charge in [0, 0.05) is 19.1 Å². The van der Waals surface area contributed by atoms with Gasteiger partial charge in [-0.05, 0) is 49.8 Å². The van der Waals surface area contributed by atoms with Gasteiger partial charge in [-0.1, -0.05) is 31.0 Å². The molecule has 1 aromatic carbocycles. The molecule has 0 radical (unpaired) electrons. The number of benzene rings is 1. The van der Waals surface area contributed by atoms with Gasteiger partial charge in [-0.15, -0.1) is 0 Å². The molecular weight excluding hydrogens is 300 g/mol. The molecule has 1 heterocycles. The fraction of sp³-hybridized carbons (Fsp3) is 0.650. The lowest BCUT2D eigenvalue weighted by Gasteiger charge is -2.38. The summed E-state index contributed by atoms with van der Waals surface area (Å²) in [6.07, 6.45) is 5.94. The summed E-state index contributed by atoms with van der Waals surface area (Å²) in [5, 5.41) is 3.15. The second-order valence-corrected chi connectivity index (χ2v) is 7.18. The molecule has 1 saturated carbocycles. The van der Waals surface area contributed by atoms with Gasteiger partial charge >= 0.3 is 0 Å². The molecule has 1 aliphatic heterocycles. The van der Waals surface area contributed by atoms with Crippen LogP contribution in [0.5, 0.6) is 0 Å². The summed E-state index contributed by atoms with van der Waals surface area (Å²) in [7, 11) is 0. The average Bonchev–Trinajstić information content (AvgIpc) is 3.12. The summed E-state index contributed by atoms with van der Waals surface area (Å²) in [6, 6.07) is 6.83. The summed E-state index contributed by atoms with van der Waals surface area (Å²) in [5.41, 5.74) is 3.96. The minimum atomic E-state index is -0.111. The van der Waals surface area contributed by atoms with E-state index in [0.29, 0.717) is 19.2 Å². The van der Waals surface area contributed by atoms with Gasteiger partial charge in [-0.2, -0.15) is 0 Å². The molecule has 24 heavy (non-hydrogen) atoms. The molecule has 132 valence electrons. The molecule has 0 aromatic heterocycles. The van der Waals surface area contributed by atoms with Gasteiger partial charge in [0.1, 0.15) is 6.04 Å². The highest BCUT2D eigenvalue weighted by molar-refractivity contribution is 5.82. The van der Waals surface area contributed by atoms with Gasteiger partial charge in [-0.3, -0.25) is 9.69 Å². The third-order valence-corrected chi connectivity index (χ3v) is 5.58. The standard InChI is InChI=1S/C20H30N2O2/c1-15-6-5-7-16(2)18(15)10-11-21-20(23)19-14-24-13-12-22(19)17-8-3-4-9-17/h5-7,17,19H,3-4,8-14H2,1-2H3,(H,21,23). The van der Waals surface area contributed by atoms with E-state index in [9.17, 15) is 4.79 Å². The Labute approximate surface area is 145 Å². The quantitative estimate of drug-likeness (QED) is 0.902. The summed E-state index contributed by atoms with van der Waals surface area (Å²) in [5.74, 6) is 0.132. The zero-order chi connectivity index (χ0) is 16.9. The molecule has 4 heteroatoms. The molecule has 0 bridgehead atoms. The molecule has 1 unspecified atom stereocenters. The molecule has 3 rings (SSSR count). The molecule has 1 N–H and O–H groups in total. The maximum atomic E-state index is 12.7. The van der Waals surface area contributed by atoms with E-state index in [1.54, 1.807) is 0 Å². The highest BCUT2D eigenvalue weighted by Crippen LogP contribution is 2.26. The van der Waals surface area contributed by atoms with Crippen molar-refractivity contribution in [2.75, 3.05) is 26.3 Å². The van der Waals surface area contributed by atoms with Crippen LogP contribution >= 0.6 is 0 Å². The molecule has 1 aliphatic carbocycles. The number of hydrogen-bond donors (Lipinski definition) is 1. The van der Waals surface area contributed by atoms with Gasteiger partial charge in [0.05, 0.1) is 13.2 Å². The third kappa shape index (κ3) is 3.98. The van der Waals surface area contributed by atoms with Crippen molar-refractivity contribution < 1.29 is 9.53 Å². The van der Waals surface area contributed by atoms with Gasteiger partial charge in [-0.25, -0.2) is 0 Å². The predicted molar refractivity (Wildman–Crippen MR) is 96.2 cm³/mol. The highest BCUT2D eigenvalue weighted by atomic mass is 16.5. The van der Waals surface area contributed by atoms with Crippen molar-refractivity contribution in [3.8, 4) is 0 Å². The average molecular weight is 330 g/mol. The maximum Gasteiger partial charge on any atom is 0.239 e. The fourth-order valence-electron chi connectivity index (χ4n) is 4.19. The Morgan fingerprint density at radius 1 is 1.25 bits per heavy atom. The Hall–Kier alpha value is -1.39. The van der Waals surface area contributed by atoms with Crippen molar-refractivity contribution in [1.29, 1.82) is 0 Å². The van der Waals surface area contributed by atoms with E-state index in [-0.39, 0.29) is 11.9 Å². The van der Waals surface area contributed by atoms with Crippen molar-refractivity contribution >= 4 is 5.91 Å². The Balaban J connectivity index is 1.55. The number of hydrogen-bond acceptors (Lipinski definition) is 3. The summed E-state index contributed by atoms with van der Waals surface area (Å²) >= 11 is 0. The second-order valence-electron chi connectivity index (χ2n) is 7.18. The SMILES string of the molecule is Cc1cccc(C)c1CCNC(=O)C1COCCN1C1CCCC1. The molecule has 4 nitrogen and oxygen atoms in total. The minimum Gasteiger partial charge on any atom is -0.378 e. The Kier molecular flexibility index (Phi) is 5.90. The lowest BCUT2D eigenvalue weighted by Crippen LogP contribution is -2.56. The maximum absolute atomic E-state index is 12.7. The molecular formula is C20H30N2O2. The summed E-state index contributed by atoms with van der Waals surface area (Å²) in [6.45, 7) is 7.15. The molecule has 0 spiro atoms. The number of aryl methyl sites for hydroxylation is 2. The number of nitrogens with one attached hydrogen (secondary N) is 1. The van der Waals surface area contributed by atoms with Crippen LogP contribution in [-0.4, -0.2) is 49.2 Å². The lowest BCUT2D eigenvalue weighted by molar-refractivity contribution is -0.134. The number of morpholine rings is 1. The van der Waals surface area contributed by atoms with E-state index >= 15 is 0 Å². The number of carbonyl (C=O) groups is 1. The number of ether oxygens (including phenoxy) is 1. The monoisotopic (exact) mass is 330 g/mol. The van der Waals surface area contributed by atoms with Gasteiger partial charge in [0.25, 0.3) is 0 Å². The fourth-order valence-corrected chi connectivity index (χ4v) is 4.19. The van der Waals surface area contributed by atoms with E-state index in [1.165, 1.54) is 42.4 Å². The number of rotatable bonds is 5. The van der Waals surface area contributed by atoms with Crippen LogP contribution in [0.4, 0.5) is 0 Å². The van der Waals surface area contributed by atoms with Crippen LogP contribution in [0, 0.1) is 13.8 Å². The summed E-state index contributed by atoms with van der Waals surface area (Å²) < 4.78 is 5.59. The predicted octanol–water partition coefficient (Wildman–Crippen LogP) is 2.61. The van der Waals surface area contributed by atoms with Crippen molar-refractivity contribution in [2.24, 2.45) is 0 Å². The minimum absolute atomic E-state index is 0.111. The molecule has 2 aliphatic rings. The summed E-state index contributed by atoms with van der Waals surface area (Å²) in [4.78, 5) is 15.1. The van der Waals surface area contributed by atoms with Crippen molar-refractivity contribution in [1.82, 2.24) is 10.2 Å². The largest absolute Gasteiger partial charge is 0.378 e. The van der Waals surface area contributed by atoms with Crippen molar-refractivity contribution in [3.63, 3.8) is 0 Å². The number of nitrogens with zero attached hydrogens (tertiary/aromatic N) is 1. The molecule has 1 atom stereocenters. The van der Waals surface area contributed by atoms with Crippen LogP contribution in [0.1, 0.15) is 42.4 Å². The Morgan fingerprint density at radius 3 is 2.67 bits per heavy atom. The second kappa shape index (κ2) is 8.13. The normalized spacial score (nSPS) is 22.7. The van der Waals surface area contributed by atoms with Crippen molar-refractivity contribution in [3.05, 3.63) is 34.9 Å². The van der Waals surface area contributed by atoms with Crippen LogP contribution in [0.25, 0.3) is 0 Å². The third-order valence-electron chi connectivity index (χ3n) is 5.58. The Morgan fingerprint density at radius 2 is 1.96 bits per heavy atom. The van der Waals surface area contributed by atoms with E-state index < -0.39 is 0 Å². The van der Waals surface area contributed by atoms with Crippen molar-refractivity contribution in [2.45, 2.75) is 58.0 Å². The first-order chi connectivity index (χ1) is 11.7. The van der Waals surface area contributed by atoms with Gasteiger partial charge in [0.2, 0.25) is 5.91 Å². The van der Waals surface area contributed by atoms with E-state index in [1.807, 2.05) is 0 Å². The first-order valence-electron chi connectivity index (χ1n) is 9.33. The molecule has 1 aromatic rings. The van der Waals surface area contributed by atoms with E-state index in [4.69, 9.17) is 4.74 Å². The first-order valence-corrected chi connectivity index (χ1v) is 9.33. The first kappa shape index (κ1) is 17.4. The van der Waals surface area contributed by atoms with Gasteiger partial charge in [0.15, 0.2) is 0 Å². The zero-order valence-corrected chi connectivity index (χ0v) is 15.0. The Bertz CT molecular complexity index is 547. The molecule has 1 amide bonds. The van der Waals surface area contributed by atoms with Crippen LogP contribution in [0.15, 0.2) is 18.2 Å². The molecule has 1 saturated heterocycles. The topological polar surface area (TPSA) is 41.6 Å². The molecule has 2 fully saturated rings. The lowest BCUT2D eigenvalue weighted by atomic mass is 10.00. The van der Waals surface area contributed by atoms with Crippen LogP contribution in [0.2, 0.25) is 0 Å². The van der Waals surface area contributed by atoms with E-state index in [0.717, 1.165) is 19.6 Å². The highest BCUT2D eigenvalue weighted by Gasteiger charge is 2.35. The van der Waals surface area contributed by atoms with Crippen LogP contribution in [0.3, 0.4) is 0 Å². The smallest absolute Gasteiger partial charge is 0.239 e. The zero-order valence-electron chi connectivity index (χ0n) is 15.0. The van der Waals surface area contributed by atoms with E-state index in [2.05, 4.69) is 42.3 Å². The van der Waals surface area contributed by atoms with Gasteiger partial charge < -0.3 is 10.1 Å². The number of carbonyl (C=O) groups excluding carboxylic acids is 1. The van der Waals surface area contributed by atoms with Crippen LogP contribution in [-0.2, 0) is 16.0 Å².